The van der Waals surface area contributed by atoms with Crippen molar-refractivity contribution in [3.05, 3.63) is 72.3 Å². The molecule has 6 heterocycles. The molecule has 6 aromatic rings. The highest BCUT2D eigenvalue weighted by Gasteiger charge is 2.17. The molecular formula is C26H22N8S. The highest BCUT2D eigenvalue weighted by molar-refractivity contribution is 7.15. The Morgan fingerprint density at radius 2 is 1.89 bits per heavy atom. The van der Waals surface area contributed by atoms with Crippen LogP contribution in [0, 0.1) is 6.92 Å². The summed E-state index contributed by atoms with van der Waals surface area (Å²) < 4.78 is 0. The highest BCUT2D eigenvalue weighted by atomic mass is 32.1. The van der Waals surface area contributed by atoms with Gasteiger partial charge in [0.05, 0.1) is 34.8 Å². The fourth-order valence-corrected chi connectivity index (χ4v) is 4.85. The Hall–Kier alpha value is -4.37. The van der Waals surface area contributed by atoms with Crippen LogP contribution in [0.15, 0.2) is 67.4 Å². The van der Waals surface area contributed by atoms with E-state index in [9.17, 15) is 0 Å². The number of pyridine rings is 3. The highest BCUT2D eigenvalue weighted by Crippen LogP contribution is 2.34. The van der Waals surface area contributed by atoms with Gasteiger partial charge in [0.25, 0.3) is 0 Å². The van der Waals surface area contributed by atoms with Gasteiger partial charge in [0.1, 0.15) is 11.0 Å². The normalized spacial score (nSPS) is 11.4. The molecule has 9 heteroatoms. The van der Waals surface area contributed by atoms with Crippen LogP contribution in [0.1, 0.15) is 18.2 Å². The number of anilines is 1. The molecule has 0 amide bonds. The number of fused-ring (bicyclic) bond motifs is 2. The monoisotopic (exact) mass is 478 g/mol. The summed E-state index contributed by atoms with van der Waals surface area (Å²) in [6.45, 7) is 8.17. The van der Waals surface area contributed by atoms with Crippen molar-refractivity contribution in [2.45, 2.75) is 20.3 Å². The van der Waals surface area contributed by atoms with Gasteiger partial charge >= 0.3 is 0 Å². The van der Waals surface area contributed by atoms with Gasteiger partial charge in [-0.3, -0.25) is 15.1 Å². The van der Waals surface area contributed by atoms with Crippen LogP contribution in [0.5, 0.6) is 0 Å². The Balaban J connectivity index is 1.43. The van der Waals surface area contributed by atoms with Gasteiger partial charge in [0.15, 0.2) is 11.5 Å². The smallest absolute Gasteiger partial charge is 0.161 e. The molecule has 0 saturated carbocycles. The maximum absolute atomic E-state index is 4.92. The molecule has 0 unspecified atom stereocenters. The lowest BCUT2D eigenvalue weighted by Crippen LogP contribution is -1.97. The summed E-state index contributed by atoms with van der Waals surface area (Å²) in [7, 11) is 0. The van der Waals surface area contributed by atoms with Gasteiger partial charge in [-0.05, 0) is 43.7 Å². The average molecular weight is 479 g/mol. The number of aryl methyl sites for hydroxylation is 1. The van der Waals surface area contributed by atoms with Crippen LogP contribution in [0.3, 0.4) is 0 Å². The van der Waals surface area contributed by atoms with Crippen molar-refractivity contribution in [1.29, 1.82) is 0 Å². The molecule has 0 fully saturated rings. The van der Waals surface area contributed by atoms with Gasteiger partial charge < -0.3 is 10.3 Å². The van der Waals surface area contributed by atoms with Gasteiger partial charge in [-0.2, -0.15) is 5.10 Å². The largest absolute Gasteiger partial charge is 0.358 e. The first-order chi connectivity index (χ1) is 17.1. The van der Waals surface area contributed by atoms with Gasteiger partial charge in [-0.25, -0.2) is 9.97 Å². The molecular weight excluding hydrogens is 456 g/mol. The summed E-state index contributed by atoms with van der Waals surface area (Å²) in [5.41, 5.74) is 8.46. The van der Waals surface area contributed by atoms with Crippen molar-refractivity contribution in [1.82, 2.24) is 35.1 Å². The van der Waals surface area contributed by atoms with Crippen molar-refractivity contribution >= 4 is 39.1 Å². The number of aromatic amines is 2. The zero-order valence-electron chi connectivity index (χ0n) is 19.3. The van der Waals surface area contributed by atoms with Crippen LogP contribution in [-0.4, -0.2) is 35.1 Å². The number of hydrogen-bond donors (Lipinski definition) is 3. The molecule has 6 aromatic heterocycles. The molecule has 0 aromatic carbocycles. The van der Waals surface area contributed by atoms with Gasteiger partial charge in [-0.1, -0.05) is 13.5 Å². The van der Waals surface area contributed by atoms with Crippen LogP contribution in [0.4, 0.5) is 5.69 Å². The molecule has 172 valence electrons. The summed E-state index contributed by atoms with van der Waals surface area (Å²) in [4.78, 5) is 24.4. The van der Waals surface area contributed by atoms with Gasteiger partial charge in [0, 0.05) is 39.0 Å². The molecule has 35 heavy (non-hydrogen) atoms. The number of thiophene rings is 1. The molecule has 0 saturated heterocycles. The minimum absolute atomic E-state index is 0.645. The predicted octanol–water partition coefficient (Wildman–Crippen LogP) is 6.33. The third kappa shape index (κ3) is 3.85. The number of nitrogens with one attached hydrogen (secondary N) is 3. The van der Waals surface area contributed by atoms with Crippen molar-refractivity contribution in [3.8, 4) is 33.2 Å². The quantitative estimate of drug-likeness (QED) is 0.258. The molecule has 0 spiro atoms. The summed E-state index contributed by atoms with van der Waals surface area (Å²) in [5.74, 6) is 0.645. The van der Waals surface area contributed by atoms with E-state index in [4.69, 9.17) is 9.97 Å². The molecule has 8 nitrogen and oxygen atoms in total. The zero-order chi connectivity index (χ0) is 23.9. The van der Waals surface area contributed by atoms with E-state index in [-0.39, 0.29) is 0 Å². The first-order valence-corrected chi connectivity index (χ1v) is 12.1. The molecule has 0 radical (unpaired) electrons. The zero-order valence-corrected chi connectivity index (χ0v) is 20.1. The number of hydrogen-bond acceptors (Lipinski definition) is 7. The van der Waals surface area contributed by atoms with E-state index in [1.807, 2.05) is 24.4 Å². The van der Waals surface area contributed by atoms with Crippen molar-refractivity contribution in [3.63, 3.8) is 0 Å². The van der Waals surface area contributed by atoms with E-state index >= 15 is 0 Å². The number of H-pyrrole nitrogens is 2. The SMILES string of the molecule is C=C(CC)Nc1cncc(-c2ccc3[nH]nc(-c4nc5c(-c6ccc(C)s6)cncc5[nH]4)c3n2)c1. The number of nitrogens with zero attached hydrogens (tertiary/aromatic N) is 5. The molecule has 0 aliphatic heterocycles. The van der Waals surface area contributed by atoms with Crippen LogP contribution in [-0.2, 0) is 0 Å². The van der Waals surface area contributed by atoms with Crippen LogP contribution in [0.2, 0.25) is 0 Å². The lowest BCUT2D eigenvalue weighted by Gasteiger charge is -2.08. The van der Waals surface area contributed by atoms with Gasteiger partial charge in [0.2, 0.25) is 0 Å². The lowest BCUT2D eigenvalue weighted by atomic mass is 10.1. The first-order valence-electron chi connectivity index (χ1n) is 11.3. The number of allylic oxidation sites excluding steroid dienone is 1. The van der Waals surface area contributed by atoms with Crippen molar-refractivity contribution < 1.29 is 0 Å². The van der Waals surface area contributed by atoms with E-state index in [1.165, 1.54) is 4.88 Å². The van der Waals surface area contributed by atoms with E-state index in [1.54, 1.807) is 29.9 Å². The minimum atomic E-state index is 0.645. The Bertz CT molecular complexity index is 1710. The summed E-state index contributed by atoms with van der Waals surface area (Å²) in [6, 6.07) is 10.2. The summed E-state index contributed by atoms with van der Waals surface area (Å²) in [6.07, 6.45) is 8.07. The molecule has 0 aliphatic rings. The Morgan fingerprint density at radius 1 is 1.00 bits per heavy atom. The fourth-order valence-electron chi connectivity index (χ4n) is 3.97. The summed E-state index contributed by atoms with van der Waals surface area (Å²) >= 11 is 1.73. The molecule has 3 N–H and O–H groups in total. The third-order valence-electron chi connectivity index (χ3n) is 5.81. The second kappa shape index (κ2) is 8.44. The number of aromatic nitrogens is 7. The third-order valence-corrected chi connectivity index (χ3v) is 6.85. The van der Waals surface area contributed by atoms with Gasteiger partial charge in [-0.15, -0.1) is 11.3 Å². The molecule has 0 aliphatic carbocycles. The van der Waals surface area contributed by atoms with E-state index in [0.717, 1.165) is 61.6 Å². The van der Waals surface area contributed by atoms with Crippen molar-refractivity contribution in [2.75, 3.05) is 5.32 Å². The Kier molecular flexibility index (Phi) is 5.11. The molecule has 0 atom stereocenters. The standard InChI is InChI=1S/C26H22N8S/c1-4-14(2)29-17-9-16(10-27-11-17)19-6-7-20-24(30-19)25(34-33-20)26-31-21-13-28-12-18(23(21)32-26)22-8-5-15(3)35-22/h5-13,29H,2,4H2,1,3H3,(H,31,32)(H,33,34). The second-order valence-electron chi connectivity index (χ2n) is 8.29. The Morgan fingerprint density at radius 3 is 2.71 bits per heavy atom. The molecule has 0 bridgehead atoms. The van der Waals surface area contributed by atoms with Crippen LogP contribution >= 0.6 is 11.3 Å². The Labute approximate surface area is 205 Å². The average Bonchev–Trinajstić information content (AvgIpc) is 3.61. The van der Waals surface area contributed by atoms with E-state index in [0.29, 0.717) is 11.5 Å². The van der Waals surface area contributed by atoms with E-state index in [2.05, 4.69) is 63.0 Å². The lowest BCUT2D eigenvalue weighted by molar-refractivity contribution is 1.10. The van der Waals surface area contributed by atoms with Crippen LogP contribution in [0.25, 0.3) is 55.3 Å². The second-order valence-corrected chi connectivity index (χ2v) is 9.58. The number of rotatable bonds is 6. The van der Waals surface area contributed by atoms with Crippen molar-refractivity contribution in [2.24, 2.45) is 0 Å². The molecule has 6 rings (SSSR count). The van der Waals surface area contributed by atoms with Crippen LogP contribution < -0.4 is 5.32 Å². The minimum Gasteiger partial charge on any atom is -0.358 e. The first kappa shape index (κ1) is 21.2. The summed E-state index contributed by atoms with van der Waals surface area (Å²) in [5, 5.41) is 10.9. The maximum atomic E-state index is 4.92. The fraction of sp³-hybridized carbons (Fsp3) is 0.115. The maximum Gasteiger partial charge on any atom is 0.161 e. The predicted molar refractivity (Wildman–Crippen MR) is 141 cm³/mol. The topological polar surface area (TPSA) is 108 Å². The van der Waals surface area contributed by atoms with E-state index < -0.39 is 0 Å². The number of imidazole rings is 1.